The number of hydrogen-bond acceptors (Lipinski definition) is 5. The van der Waals surface area contributed by atoms with Gasteiger partial charge in [0, 0.05) is 54.2 Å². The Morgan fingerprint density at radius 3 is 1.89 bits per heavy atom. The van der Waals surface area contributed by atoms with Crippen LogP contribution in [0.1, 0.15) is 26.7 Å². The van der Waals surface area contributed by atoms with Crippen LogP contribution in [0.5, 0.6) is 0 Å². The van der Waals surface area contributed by atoms with Crippen LogP contribution in [-0.2, 0) is 19.2 Å². The van der Waals surface area contributed by atoms with E-state index >= 15 is 0 Å². The predicted molar refractivity (Wildman–Crippen MR) is 106 cm³/mol. The molecule has 0 spiro atoms. The van der Waals surface area contributed by atoms with E-state index in [0.717, 1.165) is 0 Å². The highest BCUT2D eigenvalue weighted by Crippen LogP contribution is 2.33. The third kappa shape index (κ3) is 5.92. The molecule has 4 amide bonds. The molecule has 28 heavy (non-hydrogen) atoms. The van der Waals surface area contributed by atoms with Crippen molar-refractivity contribution in [3.05, 3.63) is 0 Å². The Morgan fingerprint density at radius 2 is 1.46 bits per heavy atom. The highest BCUT2D eigenvalue weighted by Gasteiger charge is 2.45. The van der Waals surface area contributed by atoms with E-state index < -0.39 is 5.41 Å². The van der Waals surface area contributed by atoms with Crippen molar-refractivity contribution in [2.75, 3.05) is 54.4 Å². The molecule has 0 aromatic heterocycles. The van der Waals surface area contributed by atoms with Crippen molar-refractivity contribution in [3.8, 4) is 0 Å². The summed E-state index contributed by atoms with van der Waals surface area (Å²) >= 11 is 0. The van der Waals surface area contributed by atoms with Gasteiger partial charge in [-0.15, -0.1) is 0 Å². The van der Waals surface area contributed by atoms with Crippen LogP contribution in [0.2, 0.25) is 0 Å². The third-order valence-corrected chi connectivity index (χ3v) is 5.44. The maximum atomic E-state index is 13.2. The number of carbonyl (C=O) groups excluding carboxylic acids is 4. The van der Waals surface area contributed by atoms with E-state index in [1.54, 1.807) is 46.9 Å². The summed E-state index contributed by atoms with van der Waals surface area (Å²) < 4.78 is 0. The van der Waals surface area contributed by atoms with E-state index in [9.17, 15) is 19.2 Å². The molecule has 9 heteroatoms. The Balaban J connectivity index is 2.81. The highest BCUT2D eigenvalue weighted by atomic mass is 16.2. The number of rotatable bonds is 9. The molecule has 1 fully saturated rings. The van der Waals surface area contributed by atoms with E-state index in [-0.39, 0.29) is 48.4 Å². The van der Waals surface area contributed by atoms with E-state index in [1.807, 2.05) is 0 Å². The average Bonchev–Trinajstić information content (AvgIpc) is 3.14. The average molecular weight is 398 g/mol. The van der Waals surface area contributed by atoms with Gasteiger partial charge in [0.15, 0.2) is 0 Å². The number of amides is 4. The Labute approximate surface area is 167 Å². The van der Waals surface area contributed by atoms with Crippen molar-refractivity contribution < 1.29 is 19.2 Å². The van der Waals surface area contributed by atoms with E-state index in [0.29, 0.717) is 26.1 Å². The Kier molecular flexibility index (Phi) is 8.87. The van der Waals surface area contributed by atoms with Crippen LogP contribution >= 0.6 is 0 Å². The molecule has 0 radical (unpaired) electrons. The lowest BCUT2D eigenvalue weighted by molar-refractivity contribution is -0.147. The zero-order valence-corrected chi connectivity index (χ0v) is 17.9. The van der Waals surface area contributed by atoms with Gasteiger partial charge in [-0.2, -0.15) is 0 Å². The molecule has 1 heterocycles. The first-order valence-electron chi connectivity index (χ1n) is 9.71. The van der Waals surface area contributed by atoms with Gasteiger partial charge in [-0.05, 0) is 13.0 Å². The van der Waals surface area contributed by atoms with Crippen LogP contribution < -0.4 is 16.0 Å². The van der Waals surface area contributed by atoms with Crippen molar-refractivity contribution in [3.63, 3.8) is 0 Å². The van der Waals surface area contributed by atoms with Crippen LogP contribution in [0.25, 0.3) is 0 Å². The molecule has 3 N–H and O–H groups in total. The molecule has 0 aliphatic carbocycles. The van der Waals surface area contributed by atoms with Gasteiger partial charge in [-0.1, -0.05) is 13.8 Å². The second-order valence-electron chi connectivity index (χ2n) is 7.87. The van der Waals surface area contributed by atoms with Crippen LogP contribution in [0.4, 0.5) is 0 Å². The minimum Gasteiger partial charge on any atom is -0.359 e. The van der Waals surface area contributed by atoms with E-state index in [2.05, 4.69) is 16.0 Å². The van der Waals surface area contributed by atoms with Gasteiger partial charge < -0.3 is 25.8 Å². The van der Waals surface area contributed by atoms with Gasteiger partial charge in [0.05, 0.1) is 17.3 Å². The van der Waals surface area contributed by atoms with Gasteiger partial charge in [0.1, 0.15) is 0 Å². The molecule has 3 atom stereocenters. The van der Waals surface area contributed by atoms with Crippen molar-refractivity contribution in [2.24, 2.45) is 17.3 Å². The Morgan fingerprint density at radius 1 is 0.964 bits per heavy atom. The topological polar surface area (TPSA) is 111 Å². The summed E-state index contributed by atoms with van der Waals surface area (Å²) in [6.45, 7) is 5.19. The molecule has 160 valence electrons. The smallest absolute Gasteiger partial charge is 0.230 e. The fourth-order valence-electron chi connectivity index (χ4n) is 3.65. The second kappa shape index (κ2) is 10.4. The normalized spacial score (nSPS) is 20.8. The van der Waals surface area contributed by atoms with E-state index in [1.165, 1.54) is 4.90 Å². The molecule has 9 nitrogen and oxygen atoms in total. The molecule has 0 aromatic rings. The van der Waals surface area contributed by atoms with Crippen LogP contribution in [-0.4, -0.2) is 87.8 Å². The largest absolute Gasteiger partial charge is 0.359 e. The monoisotopic (exact) mass is 397 g/mol. The summed E-state index contributed by atoms with van der Waals surface area (Å²) in [5.41, 5.74) is -0.821. The molecule has 0 saturated carbocycles. The number of nitrogens with zero attached hydrogens (tertiary/aromatic N) is 2. The zero-order valence-electron chi connectivity index (χ0n) is 17.9. The Bertz CT molecular complexity index is 589. The second-order valence-corrected chi connectivity index (χ2v) is 7.87. The predicted octanol–water partition coefficient (Wildman–Crippen LogP) is -0.963. The van der Waals surface area contributed by atoms with Gasteiger partial charge in [-0.25, -0.2) is 0 Å². The molecule has 1 aliphatic heterocycles. The van der Waals surface area contributed by atoms with Crippen molar-refractivity contribution in [1.82, 2.24) is 25.8 Å². The molecule has 0 bridgehead atoms. The van der Waals surface area contributed by atoms with Crippen molar-refractivity contribution in [2.45, 2.75) is 26.7 Å². The maximum Gasteiger partial charge on any atom is 0.230 e. The fourth-order valence-corrected chi connectivity index (χ4v) is 3.65. The van der Waals surface area contributed by atoms with Gasteiger partial charge in [-0.3, -0.25) is 19.2 Å². The van der Waals surface area contributed by atoms with Gasteiger partial charge in [0.25, 0.3) is 0 Å². The number of carbonyl (C=O) groups is 4. The van der Waals surface area contributed by atoms with Crippen molar-refractivity contribution in [1.29, 1.82) is 0 Å². The summed E-state index contributed by atoms with van der Waals surface area (Å²) in [5.74, 6) is -1.22. The molecule has 1 saturated heterocycles. The first-order chi connectivity index (χ1) is 13.1. The molecule has 3 unspecified atom stereocenters. The zero-order chi connectivity index (χ0) is 21.5. The lowest BCUT2D eigenvalue weighted by atomic mass is 9.81. The van der Waals surface area contributed by atoms with Crippen molar-refractivity contribution >= 4 is 23.6 Å². The molecule has 1 rings (SSSR count). The molecule has 0 aromatic carbocycles. The number of hydrogen-bond donors (Lipinski definition) is 3. The summed E-state index contributed by atoms with van der Waals surface area (Å²) in [5, 5.41) is 8.35. The summed E-state index contributed by atoms with van der Waals surface area (Å²) in [6, 6.07) is 0. The Hall–Kier alpha value is -2.16. The first kappa shape index (κ1) is 23.9. The lowest BCUT2D eigenvalue weighted by Crippen LogP contribution is -2.49. The van der Waals surface area contributed by atoms with Gasteiger partial charge >= 0.3 is 0 Å². The minimum absolute atomic E-state index is 0.0779. The summed E-state index contributed by atoms with van der Waals surface area (Å²) in [7, 11) is 6.45. The van der Waals surface area contributed by atoms with Gasteiger partial charge in [0.2, 0.25) is 23.6 Å². The van der Waals surface area contributed by atoms with Crippen LogP contribution in [0.15, 0.2) is 0 Å². The first-order valence-corrected chi connectivity index (χ1v) is 9.71. The minimum atomic E-state index is -0.821. The lowest BCUT2D eigenvalue weighted by Gasteiger charge is -2.34. The highest BCUT2D eigenvalue weighted by molar-refractivity contribution is 5.90. The molecular formula is C19H35N5O4. The standard InChI is InChI=1S/C19H35N5O4/c1-13(16(26)20-3)10-23(5)15(25)9-19(7-8-22-12-19)18(28)24(6)11-14(2)17(27)21-4/h13-14,22H,7-12H2,1-6H3,(H,20,26)(H,21,27). The number of nitrogens with one attached hydrogen (secondary N) is 3. The molecular weight excluding hydrogens is 362 g/mol. The van der Waals surface area contributed by atoms with E-state index in [4.69, 9.17) is 0 Å². The molecule has 1 aliphatic rings. The quantitative estimate of drug-likeness (QED) is 0.464. The third-order valence-electron chi connectivity index (χ3n) is 5.44. The van der Waals surface area contributed by atoms with Crippen LogP contribution in [0, 0.1) is 17.3 Å². The van der Waals surface area contributed by atoms with Crippen LogP contribution in [0.3, 0.4) is 0 Å². The summed E-state index contributed by atoms with van der Waals surface area (Å²) in [4.78, 5) is 52.5. The fraction of sp³-hybridized carbons (Fsp3) is 0.789. The summed E-state index contributed by atoms with van der Waals surface area (Å²) in [6.07, 6.45) is 0.642. The SMILES string of the molecule is CNC(=O)C(C)CN(C)C(=O)CC1(C(=O)N(C)CC(C)C(=O)NC)CCNC1. The maximum absolute atomic E-state index is 13.2.